The predicted octanol–water partition coefficient (Wildman–Crippen LogP) is 3.27. The van der Waals surface area contributed by atoms with Crippen LogP contribution in [0.1, 0.15) is 27.0 Å². The maximum Gasteiger partial charge on any atom is 0.254 e. The lowest BCUT2D eigenvalue weighted by Gasteiger charge is -2.24. The van der Waals surface area contributed by atoms with Gasteiger partial charge in [-0.1, -0.05) is 35.9 Å². The van der Waals surface area contributed by atoms with Crippen LogP contribution in [0, 0.1) is 32.6 Å². The molecular formula is C25H30ClN3O3. The molecule has 32 heavy (non-hydrogen) atoms. The van der Waals surface area contributed by atoms with Crippen LogP contribution in [0.4, 0.5) is 5.69 Å². The number of β-amino-alcohol motifs (C(OH)–C–C–N with tert-alkyl or cyclic N) is 1. The number of fused-ring (bicyclic) bond motifs is 1. The first-order valence-electron chi connectivity index (χ1n) is 11.1. The number of nitrogens with zero attached hydrogens (tertiary/aromatic N) is 2. The van der Waals surface area contributed by atoms with Crippen LogP contribution in [0.3, 0.4) is 0 Å². The molecular weight excluding hydrogens is 426 g/mol. The molecule has 3 atom stereocenters. The maximum absolute atomic E-state index is 13.1. The van der Waals surface area contributed by atoms with Gasteiger partial charge in [0.2, 0.25) is 0 Å². The summed E-state index contributed by atoms with van der Waals surface area (Å²) in [6.07, 6.45) is -1.12. The number of aliphatic hydroxyl groups is 1. The quantitative estimate of drug-likeness (QED) is 0.725. The number of benzene rings is 2. The number of rotatable bonds is 5. The van der Waals surface area contributed by atoms with Crippen molar-refractivity contribution in [2.45, 2.75) is 26.9 Å². The summed E-state index contributed by atoms with van der Waals surface area (Å²) in [6, 6.07) is 11.2. The molecule has 0 aliphatic carbocycles. The molecule has 0 radical (unpaired) electrons. The molecule has 2 saturated heterocycles. The lowest BCUT2D eigenvalue weighted by Crippen LogP contribution is -2.40. The molecule has 3 unspecified atom stereocenters. The van der Waals surface area contributed by atoms with E-state index >= 15 is 0 Å². The van der Waals surface area contributed by atoms with Gasteiger partial charge in [0.1, 0.15) is 6.10 Å². The van der Waals surface area contributed by atoms with Gasteiger partial charge in [-0.05, 0) is 61.4 Å². The van der Waals surface area contributed by atoms with Crippen molar-refractivity contribution in [1.82, 2.24) is 9.80 Å². The largest absolute Gasteiger partial charge is 0.382 e. The smallest absolute Gasteiger partial charge is 0.254 e. The molecule has 2 aliphatic heterocycles. The van der Waals surface area contributed by atoms with Crippen molar-refractivity contribution in [1.29, 1.82) is 0 Å². The highest BCUT2D eigenvalue weighted by molar-refractivity contribution is 6.31. The van der Waals surface area contributed by atoms with Gasteiger partial charge in [-0.3, -0.25) is 14.5 Å². The first kappa shape index (κ1) is 22.8. The van der Waals surface area contributed by atoms with Gasteiger partial charge in [0.25, 0.3) is 11.8 Å². The van der Waals surface area contributed by atoms with E-state index in [9.17, 15) is 14.7 Å². The lowest BCUT2D eigenvalue weighted by atomic mass is 10.0. The summed E-state index contributed by atoms with van der Waals surface area (Å²) < 4.78 is 0. The third kappa shape index (κ3) is 4.68. The van der Waals surface area contributed by atoms with Gasteiger partial charge >= 0.3 is 0 Å². The van der Waals surface area contributed by atoms with Gasteiger partial charge in [-0.2, -0.15) is 0 Å². The molecule has 2 heterocycles. The number of nitrogens with one attached hydrogen (secondary N) is 1. The first-order valence-corrected chi connectivity index (χ1v) is 11.4. The number of aryl methyl sites for hydroxylation is 3. The summed E-state index contributed by atoms with van der Waals surface area (Å²) in [7, 11) is 0. The highest BCUT2D eigenvalue weighted by atomic mass is 35.5. The van der Waals surface area contributed by atoms with Crippen LogP contribution in [0.15, 0.2) is 36.4 Å². The Morgan fingerprint density at radius 1 is 1.03 bits per heavy atom. The Labute approximate surface area is 194 Å². The molecule has 0 spiro atoms. The van der Waals surface area contributed by atoms with E-state index in [0.29, 0.717) is 22.5 Å². The summed E-state index contributed by atoms with van der Waals surface area (Å²) in [5.41, 5.74) is 4.34. The SMILES string of the molecule is Cc1ccc(NC(=O)C(O)CN2CC3CN(C(=O)c4c(C)cccc4C)CC3C2)cc1Cl. The summed E-state index contributed by atoms with van der Waals surface area (Å²) in [5.74, 6) is 0.412. The molecule has 0 saturated carbocycles. The topological polar surface area (TPSA) is 72.9 Å². The van der Waals surface area contributed by atoms with Crippen molar-refractivity contribution >= 4 is 29.1 Å². The molecule has 6 nitrogen and oxygen atoms in total. The second kappa shape index (κ2) is 9.22. The van der Waals surface area contributed by atoms with Crippen LogP contribution in [-0.2, 0) is 4.79 Å². The van der Waals surface area contributed by atoms with E-state index in [4.69, 9.17) is 11.6 Å². The summed E-state index contributed by atoms with van der Waals surface area (Å²) in [4.78, 5) is 29.6. The first-order chi connectivity index (χ1) is 15.2. The van der Waals surface area contributed by atoms with Crippen LogP contribution in [0.2, 0.25) is 5.02 Å². The summed E-state index contributed by atoms with van der Waals surface area (Å²) >= 11 is 6.11. The minimum Gasteiger partial charge on any atom is -0.382 e. The van der Waals surface area contributed by atoms with Gasteiger partial charge in [0.05, 0.1) is 0 Å². The Hall–Kier alpha value is -2.41. The number of aliphatic hydroxyl groups excluding tert-OH is 1. The van der Waals surface area contributed by atoms with Crippen molar-refractivity contribution in [3.05, 3.63) is 63.7 Å². The Morgan fingerprint density at radius 2 is 1.66 bits per heavy atom. The number of amides is 2. The molecule has 0 bridgehead atoms. The highest BCUT2D eigenvalue weighted by Gasteiger charge is 2.42. The number of carbonyl (C=O) groups excluding carboxylic acids is 2. The van der Waals surface area contributed by atoms with Gasteiger partial charge in [0.15, 0.2) is 0 Å². The van der Waals surface area contributed by atoms with E-state index in [1.807, 2.05) is 49.9 Å². The van der Waals surface area contributed by atoms with Gasteiger partial charge < -0.3 is 15.3 Å². The van der Waals surface area contributed by atoms with Crippen LogP contribution in [0.25, 0.3) is 0 Å². The normalized spacial score (nSPS) is 21.5. The molecule has 7 heteroatoms. The third-order valence-electron chi connectivity index (χ3n) is 6.72. The summed E-state index contributed by atoms with van der Waals surface area (Å²) in [6.45, 7) is 9.14. The number of hydrogen-bond acceptors (Lipinski definition) is 4. The fourth-order valence-electron chi connectivity index (χ4n) is 4.94. The average Bonchev–Trinajstić information content (AvgIpc) is 3.29. The molecule has 4 rings (SSSR count). The zero-order chi connectivity index (χ0) is 23.0. The van der Waals surface area contributed by atoms with Gasteiger partial charge in [0, 0.05) is 49.0 Å². The second-order valence-electron chi connectivity index (χ2n) is 9.18. The Kier molecular flexibility index (Phi) is 6.56. The fourth-order valence-corrected chi connectivity index (χ4v) is 5.12. The van der Waals surface area contributed by atoms with Crippen LogP contribution < -0.4 is 5.32 Å². The minimum atomic E-state index is -1.12. The molecule has 2 aliphatic rings. The van der Waals surface area contributed by atoms with Gasteiger partial charge in [-0.25, -0.2) is 0 Å². The number of carbonyl (C=O) groups is 2. The maximum atomic E-state index is 13.1. The molecule has 170 valence electrons. The second-order valence-corrected chi connectivity index (χ2v) is 9.59. The Bertz CT molecular complexity index is 1010. The van der Waals surface area contributed by atoms with E-state index in [-0.39, 0.29) is 12.5 Å². The number of anilines is 1. The fraction of sp³-hybridized carbons (Fsp3) is 0.440. The average molecular weight is 456 g/mol. The predicted molar refractivity (Wildman–Crippen MR) is 126 cm³/mol. The zero-order valence-corrected chi connectivity index (χ0v) is 19.5. The number of halogens is 1. The van der Waals surface area contributed by atoms with Gasteiger partial charge in [-0.15, -0.1) is 0 Å². The molecule has 2 N–H and O–H groups in total. The van der Waals surface area contributed by atoms with Crippen molar-refractivity contribution in [3.63, 3.8) is 0 Å². The Balaban J connectivity index is 1.30. The number of hydrogen-bond donors (Lipinski definition) is 2. The Morgan fingerprint density at radius 3 is 2.25 bits per heavy atom. The van der Waals surface area contributed by atoms with Crippen molar-refractivity contribution < 1.29 is 14.7 Å². The van der Waals surface area contributed by atoms with E-state index < -0.39 is 12.0 Å². The van der Waals surface area contributed by atoms with Crippen LogP contribution in [0.5, 0.6) is 0 Å². The van der Waals surface area contributed by atoms with Crippen molar-refractivity contribution in [3.8, 4) is 0 Å². The van der Waals surface area contributed by atoms with E-state index in [0.717, 1.165) is 48.4 Å². The van der Waals surface area contributed by atoms with E-state index in [1.165, 1.54) is 0 Å². The number of likely N-dealkylation sites (tertiary alicyclic amines) is 2. The molecule has 2 amide bonds. The van der Waals surface area contributed by atoms with Crippen LogP contribution >= 0.6 is 11.6 Å². The van der Waals surface area contributed by atoms with Crippen LogP contribution in [-0.4, -0.2) is 65.5 Å². The summed E-state index contributed by atoms with van der Waals surface area (Å²) in [5, 5.41) is 13.7. The van der Waals surface area contributed by atoms with E-state index in [2.05, 4.69) is 10.2 Å². The highest BCUT2D eigenvalue weighted by Crippen LogP contribution is 2.32. The molecule has 2 aromatic rings. The molecule has 2 fully saturated rings. The zero-order valence-electron chi connectivity index (χ0n) is 18.8. The third-order valence-corrected chi connectivity index (χ3v) is 7.12. The lowest BCUT2D eigenvalue weighted by molar-refractivity contribution is -0.124. The van der Waals surface area contributed by atoms with E-state index in [1.54, 1.807) is 12.1 Å². The molecule has 0 aromatic heterocycles. The van der Waals surface area contributed by atoms with Crippen molar-refractivity contribution in [2.24, 2.45) is 11.8 Å². The monoisotopic (exact) mass is 455 g/mol. The molecule has 2 aromatic carbocycles. The standard InChI is InChI=1S/C25H30ClN3O3/c1-15-7-8-20(9-21(15)26)27-24(31)22(30)14-28-10-18-12-29(13-19(18)11-28)25(32)23-16(2)5-4-6-17(23)3/h4-9,18-19,22,30H,10-14H2,1-3H3,(H,27,31). The van der Waals surface area contributed by atoms with Crippen molar-refractivity contribution in [2.75, 3.05) is 38.0 Å². The minimum absolute atomic E-state index is 0.109.